The minimum absolute atomic E-state index is 0.648. The Morgan fingerprint density at radius 1 is 0.611 bits per heavy atom. The van der Waals surface area contributed by atoms with Crippen LogP contribution < -0.4 is 11.5 Å². The molecule has 0 atom stereocenters. The fourth-order valence-electron chi connectivity index (χ4n) is 4.28. The first-order valence-corrected chi connectivity index (χ1v) is 11.3. The monoisotopic (exact) mass is 466 g/mol. The van der Waals surface area contributed by atoms with Crippen LogP contribution in [-0.2, 0) is 0 Å². The summed E-state index contributed by atoms with van der Waals surface area (Å²) in [5.74, 6) is 0. The normalized spacial score (nSPS) is 10.4. The van der Waals surface area contributed by atoms with E-state index in [9.17, 15) is 10.5 Å². The van der Waals surface area contributed by atoms with Crippen molar-refractivity contribution >= 4 is 32.9 Å². The summed E-state index contributed by atoms with van der Waals surface area (Å²) >= 11 is 0. The lowest BCUT2D eigenvalue weighted by Crippen LogP contribution is -1.95. The van der Waals surface area contributed by atoms with Crippen LogP contribution in [-0.4, -0.2) is 9.13 Å². The number of nitrogen functional groups attached to an aromatic ring is 2. The molecule has 6 heteroatoms. The molecule has 0 amide bonds. The molecule has 4 aromatic carbocycles. The number of benzene rings is 4. The summed E-state index contributed by atoms with van der Waals surface area (Å²) in [5, 5.41) is 22.7. The molecule has 172 valence electrons. The molecule has 0 bridgehead atoms. The number of nitriles is 2. The van der Waals surface area contributed by atoms with Gasteiger partial charge in [0.05, 0.1) is 5.69 Å². The van der Waals surface area contributed by atoms with E-state index in [4.69, 9.17) is 11.5 Å². The zero-order chi connectivity index (χ0) is 25.1. The molecule has 0 saturated heterocycles. The van der Waals surface area contributed by atoms with Crippen molar-refractivity contribution in [1.82, 2.24) is 9.13 Å². The van der Waals surface area contributed by atoms with Gasteiger partial charge in [0.2, 0.25) is 0 Å². The van der Waals surface area contributed by atoms with Gasteiger partial charge < -0.3 is 16.0 Å². The molecule has 6 rings (SSSR count). The van der Waals surface area contributed by atoms with E-state index < -0.39 is 0 Å². The van der Waals surface area contributed by atoms with Crippen LogP contribution in [0, 0.1) is 22.8 Å². The van der Waals surface area contributed by atoms with Crippen molar-refractivity contribution < 1.29 is 0 Å². The lowest BCUT2D eigenvalue weighted by molar-refractivity contribution is 1.06. The van der Waals surface area contributed by atoms with Crippen molar-refractivity contribution in [2.45, 2.75) is 0 Å². The van der Waals surface area contributed by atoms with E-state index in [1.807, 2.05) is 114 Å². The fraction of sp³-hybridized carbons (Fsp3) is 0. The van der Waals surface area contributed by atoms with Crippen LogP contribution >= 0.6 is 0 Å². The summed E-state index contributed by atoms with van der Waals surface area (Å²) in [6, 6.07) is 33.2. The molecule has 0 aliphatic carbocycles. The summed E-state index contributed by atoms with van der Waals surface area (Å²) in [6.45, 7) is 0. The standard InChI is InChI=1S/2C15H11N3/c16-10-18-9-12-3-1-2-4-14(12)15(18)11-5-7-13(17)8-6-11;16-9-15-14-4-2-1-3-11(14)10-18(15)13-7-5-12(17)6-8-13/h1-9H,17H2;1-8,10H,17H2. The Bertz CT molecular complexity index is 1750. The highest BCUT2D eigenvalue weighted by molar-refractivity contribution is 5.96. The van der Waals surface area contributed by atoms with Gasteiger partial charge in [0.25, 0.3) is 0 Å². The first kappa shape index (κ1) is 22.3. The van der Waals surface area contributed by atoms with Gasteiger partial charge in [-0.15, -0.1) is 0 Å². The third-order valence-electron chi connectivity index (χ3n) is 6.02. The van der Waals surface area contributed by atoms with Crippen LogP contribution in [0.25, 0.3) is 38.5 Å². The molecule has 36 heavy (non-hydrogen) atoms. The van der Waals surface area contributed by atoms with Gasteiger partial charge in [0.15, 0.2) is 6.19 Å². The molecular weight excluding hydrogens is 444 g/mol. The van der Waals surface area contributed by atoms with E-state index in [1.54, 1.807) is 4.57 Å². The molecule has 6 nitrogen and oxygen atoms in total. The number of nitrogens with zero attached hydrogens (tertiary/aromatic N) is 4. The summed E-state index contributed by atoms with van der Waals surface area (Å²) in [5.41, 5.74) is 16.3. The quantitative estimate of drug-likeness (QED) is 0.292. The molecule has 4 N–H and O–H groups in total. The molecule has 0 unspecified atom stereocenters. The maximum absolute atomic E-state index is 9.33. The number of rotatable bonds is 2. The smallest absolute Gasteiger partial charge is 0.188 e. The molecular formula is C30H22N6. The summed E-state index contributed by atoms with van der Waals surface area (Å²) < 4.78 is 3.49. The van der Waals surface area contributed by atoms with Gasteiger partial charge in [-0.1, -0.05) is 60.7 Å². The highest BCUT2D eigenvalue weighted by Crippen LogP contribution is 2.30. The lowest BCUT2D eigenvalue weighted by atomic mass is 10.1. The van der Waals surface area contributed by atoms with E-state index in [1.165, 1.54) is 0 Å². The Morgan fingerprint density at radius 3 is 1.78 bits per heavy atom. The Kier molecular flexibility index (Phi) is 5.85. The first-order valence-electron chi connectivity index (χ1n) is 11.3. The van der Waals surface area contributed by atoms with Crippen molar-refractivity contribution in [2.24, 2.45) is 0 Å². The van der Waals surface area contributed by atoms with Gasteiger partial charge in [-0.3, -0.25) is 4.57 Å². The van der Waals surface area contributed by atoms with Gasteiger partial charge in [-0.25, -0.2) is 0 Å². The second-order valence-electron chi connectivity index (χ2n) is 8.30. The second-order valence-corrected chi connectivity index (χ2v) is 8.30. The molecule has 2 aromatic heterocycles. The van der Waals surface area contributed by atoms with Crippen molar-refractivity contribution in [3.63, 3.8) is 0 Å². The number of aromatic nitrogens is 2. The number of nitrogens with two attached hydrogens (primary N) is 2. The van der Waals surface area contributed by atoms with E-state index in [0.29, 0.717) is 11.4 Å². The van der Waals surface area contributed by atoms with Gasteiger partial charge in [0.1, 0.15) is 11.8 Å². The number of anilines is 2. The Labute approximate surface area is 208 Å². The molecule has 0 radical (unpaired) electrons. The predicted octanol–water partition coefficient (Wildman–Crippen LogP) is 6.30. The predicted molar refractivity (Wildman–Crippen MR) is 145 cm³/mol. The number of fused-ring (bicyclic) bond motifs is 2. The first-order chi connectivity index (χ1) is 17.6. The highest BCUT2D eigenvalue weighted by atomic mass is 15.0. The SMILES string of the molecule is N#Cc1c2ccccc2cn1-c1ccc(N)cc1.N#Cn1cc2ccccc2c1-c1ccc(N)cc1. The molecule has 0 fully saturated rings. The molecule has 0 aliphatic rings. The topological polar surface area (TPSA) is 109 Å². The summed E-state index contributed by atoms with van der Waals surface area (Å²) in [4.78, 5) is 0. The zero-order valence-electron chi connectivity index (χ0n) is 19.3. The minimum atomic E-state index is 0.648. The van der Waals surface area contributed by atoms with Crippen LogP contribution in [0.15, 0.2) is 109 Å². The number of hydrogen-bond acceptors (Lipinski definition) is 4. The Balaban J connectivity index is 0.000000148. The Hall–Kier alpha value is -5.46. The fourth-order valence-corrected chi connectivity index (χ4v) is 4.28. The molecule has 0 spiro atoms. The van der Waals surface area contributed by atoms with Gasteiger partial charge in [-0.05, 0) is 36.4 Å². The second kappa shape index (κ2) is 9.42. The summed E-state index contributed by atoms with van der Waals surface area (Å²) in [7, 11) is 0. The van der Waals surface area contributed by atoms with Gasteiger partial charge in [-0.2, -0.15) is 10.5 Å². The van der Waals surface area contributed by atoms with Crippen molar-refractivity contribution in [3.05, 3.63) is 115 Å². The van der Waals surface area contributed by atoms with Gasteiger partial charge >= 0.3 is 0 Å². The van der Waals surface area contributed by atoms with E-state index >= 15 is 0 Å². The molecule has 0 aliphatic heterocycles. The van der Waals surface area contributed by atoms with Gasteiger partial charge in [0, 0.05) is 56.6 Å². The van der Waals surface area contributed by atoms with E-state index in [0.717, 1.165) is 44.2 Å². The minimum Gasteiger partial charge on any atom is -0.399 e. The van der Waals surface area contributed by atoms with Crippen LogP contribution in [0.5, 0.6) is 0 Å². The van der Waals surface area contributed by atoms with Crippen LogP contribution in [0.3, 0.4) is 0 Å². The average Bonchev–Trinajstić information content (AvgIpc) is 3.48. The largest absolute Gasteiger partial charge is 0.399 e. The van der Waals surface area contributed by atoms with Crippen molar-refractivity contribution in [1.29, 1.82) is 10.5 Å². The van der Waals surface area contributed by atoms with E-state index in [-0.39, 0.29) is 0 Å². The third-order valence-corrected chi connectivity index (χ3v) is 6.02. The van der Waals surface area contributed by atoms with Crippen LogP contribution in [0.1, 0.15) is 5.69 Å². The molecule has 6 aromatic rings. The summed E-state index contributed by atoms with van der Waals surface area (Å²) in [6.07, 6.45) is 6.00. The molecule has 2 heterocycles. The Morgan fingerprint density at radius 2 is 1.17 bits per heavy atom. The maximum atomic E-state index is 9.33. The third kappa shape index (κ3) is 4.11. The van der Waals surface area contributed by atoms with Crippen molar-refractivity contribution in [3.8, 4) is 29.2 Å². The van der Waals surface area contributed by atoms with E-state index in [2.05, 4.69) is 12.3 Å². The van der Waals surface area contributed by atoms with Crippen LogP contribution in [0.4, 0.5) is 11.4 Å². The lowest BCUT2D eigenvalue weighted by Gasteiger charge is -2.04. The average molecular weight is 467 g/mol. The van der Waals surface area contributed by atoms with Crippen molar-refractivity contribution in [2.75, 3.05) is 11.5 Å². The molecule has 0 saturated carbocycles. The highest BCUT2D eigenvalue weighted by Gasteiger charge is 2.11. The number of hydrogen-bond donors (Lipinski definition) is 2. The zero-order valence-corrected chi connectivity index (χ0v) is 19.3. The van der Waals surface area contributed by atoms with Crippen LogP contribution in [0.2, 0.25) is 0 Å². The maximum Gasteiger partial charge on any atom is 0.188 e.